The van der Waals surface area contributed by atoms with Crippen LogP contribution in [0.4, 0.5) is 0 Å². The minimum atomic E-state index is -3.17. The fourth-order valence-electron chi connectivity index (χ4n) is 1.53. The molecule has 84 valence electrons. The van der Waals surface area contributed by atoms with Crippen LogP contribution in [-0.4, -0.2) is 19.8 Å². The van der Waals surface area contributed by atoms with Gasteiger partial charge in [-0.15, -0.1) is 0 Å². The number of benzene rings is 1. The molecule has 0 unspecified atom stereocenters. The zero-order valence-corrected chi connectivity index (χ0v) is 10.4. The van der Waals surface area contributed by atoms with Gasteiger partial charge in [0.25, 0.3) is 0 Å². The van der Waals surface area contributed by atoms with E-state index in [0.29, 0.717) is 11.4 Å². The molecule has 15 heavy (non-hydrogen) atoms. The van der Waals surface area contributed by atoms with Crippen LogP contribution < -0.4 is 0 Å². The van der Waals surface area contributed by atoms with Gasteiger partial charge in [-0.05, 0) is 24.1 Å². The molecule has 0 aromatic heterocycles. The zero-order valence-electron chi connectivity index (χ0n) is 9.61. The van der Waals surface area contributed by atoms with E-state index in [0.717, 1.165) is 11.1 Å². The van der Waals surface area contributed by atoms with Crippen molar-refractivity contribution in [3.8, 4) is 0 Å². The van der Waals surface area contributed by atoms with E-state index in [9.17, 15) is 8.42 Å². The third kappa shape index (κ3) is 2.06. The first-order chi connectivity index (χ1) is 7.01. The van der Waals surface area contributed by atoms with Gasteiger partial charge in [0.2, 0.25) is 10.0 Å². The summed E-state index contributed by atoms with van der Waals surface area (Å²) in [5.74, 6) is 0. The predicted molar refractivity (Wildman–Crippen MR) is 61.2 cm³/mol. The van der Waals surface area contributed by atoms with E-state index in [2.05, 4.69) is 0 Å². The van der Waals surface area contributed by atoms with Crippen molar-refractivity contribution in [1.29, 1.82) is 0 Å². The van der Waals surface area contributed by atoms with Crippen LogP contribution in [0.5, 0.6) is 0 Å². The number of aryl methyl sites for hydroxylation is 1. The van der Waals surface area contributed by atoms with E-state index in [1.807, 2.05) is 32.9 Å². The van der Waals surface area contributed by atoms with Gasteiger partial charge in [0.05, 0.1) is 4.90 Å². The van der Waals surface area contributed by atoms with Crippen molar-refractivity contribution < 1.29 is 8.42 Å². The number of hydrogen-bond acceptors (Lipinski definition) is 2. The van der Waals surface area contributed by atoms with Crippen LogP contribution >= 0.6 is 0 Å². The third-order valence-corrected chi connectivity index (χ3v) is 4.19. The van der Waals surface area contributed by atoms with E-state index < -0.39 is 10.0 Å². The molecule has 0 saturated carbocycles. The first-order valence-corrected chi connectivity index (χ1v) is 6.52. The van der Waals surface area contributed by atoms with Gasteiger partial charge in [0, 0.05) is 13.6 Å². The highest BCUT2D eigenvalue weighted by molar-refractivity contribution is 7.89. The van der Waals surface area contributed by atoms with Gasteiger partial charge in [0.1, 0.15) is 0 Å². The minimum Gasteiger partial charge on any atom is -0.207 e. The van der Waals surface area contributed by atoms with Crippen LogP contribution in [0.1, 0.15) is 25.0 Å². The van der Waals surface area contributed by atoms with Crippen LogP contribution in [0, 0.1) is 6.92 Å². The molecular formula is C11H17NO2S. The Kier molecular flexibility index (Phi) is 3.52. The Labute approximate surface area is 91.8 Å². The van der Waals surface area contributed by atoms with Crippen molar-refractivity contribution in [2.24, 2.45) is 0 Å². The summed E-state index contributed by atoms with van der Waals surface area (Å²) in [4.78, 5) is 0.468. The molecule has 0 saturated heterocycles. The van der Waals surface area contributed by atoms with Crippen LogP contribution in [0.2, 0.25) is 0 Å². The molecule has 0 fully saturated rings. The Bertz CT molecular complexity index is 452. The van der Waals surface area contributed by atoms with E-state index >= 15 is 0 Å². The summed E-state index contributed by atoms with van der Waals surface area (Å²) in [6.45, 7) is 6.39. The van der Waals surface area contributed by atoms with Crippen LogP contribution in [-0.2, 0) is 16.6 Å². The van der Waals surface area contributed by atoms with Gasteiger partial charge < -0.3 is 0 Å². The van der Waals surface area contributed by atoms with Crippen molar-refractivity contribution in [3.05, 3.63) is 29.3 Å². The monoisotopic (exact) mass is 227 g/mol. The lowest BCUT2D eigenvalue weighted by Crippen LogP contribution is -2.18. The van der Waals surface area contributed by atoms with Crippen LogP contribution in [0.3, 0.4) is 0 Å². The van der Waals surface area contributed by atoms with Crippen molar-refractivity contribution in [1.82, 2.24) is 4.31 Å². The smallest absolute Gasteiger partial charge is 0.207 e. The van der Waals surface area contributed by atoms with Gasteiger partial charge in [-0.25, -0.2) is 8.42 Å². The number of sulfonamides is 1. The second-order valence-corrected chi connectivity index (χ2v) is 5.39. The van der Waals surface area contributed by atoms with Crippen molar-refractivity contribution in [2.45, 2.75) is 32.2 Å². The lowest BCUT2D eigenvalue weighted by molar-refractivity contribution is 0.488. The number of hydrogen-bond donors (Lipinski definition) is 0. The highest BCUT2D eigenvalue weighted by Gasteiger charge is 2.31. The molecule has 0 bridgehead atoms. The second-order valence-electron chi connectivity index (χ2n) is 3.37. The molecule has 1 aromatic rings. The molecule has 0 spiro atoms. The van der Waals surface area contributed by atoms with Crippen molar-refractivity contribution in [3.63, 3.8) is 0 Å². The molecule has 3 nitrogen and oxygen atoms in total. The summed E-state index contributed by atoms with van der Waals surface area (Å²) in [6, 6.07) is 5.55. The van der Waals surface area contributed by atoms with E-state index in [-0.39, 0.29) is 0 Å². The Hall–Kier alpha value is -0.870. The molecule has 1 aliphatic rings. The highest BCUT2D eigenvalue weighted by Crippen LogP contribution is 2.29. The largest absolute Gasteiger partial charge is 0.243 e. The van der Waals surface area contributed by atoms with E-state index in [4.69, 9.17) is 0 Å². The maximum atomic E-state index is 11.7. The Balaban J connectivity index is 0.000000531. The van der Waals surface area contributed by atoms with Gasteiger partial charge in [0.15, 0.2) is 0 Å². The Morgan fingerprint density at radius 2 is 1.87 bits per heavy atom. The summed E-state index contributed by atoms with van der Waals surface area (Å²) in [5.41, 5.74) is 1.88. The minimum absolute atomic E-state index is 0.468. The van der Waals surface area contributed by atoms with Crippen LogP contribution in [0.15, 0.2) is 23.1 Å². The fourth-order valence-corrected chi connectivity index (χ4v) is 2.97. The summed E-state index contributed by atoms with van der Waals surface area (Å²) < 4.78 is 24.7. The third-order valence-electron chi connectivity index (χ3n) is 2.30. The van der Waals surface area contributed by atoms with Gasteiger partial charge in [-0.3, -0.25) is 0 Å². The average Bonchev–Trinajstić information content (AvgIpc) is 2.43. The average molecular weight is 227 g/mol. The molecule has 2 rings (SSSR count). The Morgan fingerprint density at radius 3 is 2.47 bits per heavy atom. The lowest BCUT2D eigenvalue weighted by atomic mass is 10.1. The predicted octanol–water partition coefficient (Wildman–Crippen LogP) is 2.16. The fraction of sp³-hybridized carbons (Fsp3) is 0.455. The lowest BCUT2D eigenvalue weighted by Gasteiger charge is -2.04. The standard InChI is InChI=1S/C9H11NO2S.C2H6/c1-7-3-4-8-6-10(2)13(11,12)9(8)5-7;1-2/h3-5H,6H2,1-2H3;1-2H3. The zero-order chi connectivity index (χ0) is 11.6. The molecule has 1 aromatic carbocycles. The van der Waals surface area contributed by atoms with E-state index in [1.54, 1.807) is 13.1 Å². The second kappa shape index (κ2) is 4.33. The normalized spacial score (nSPS) is 17.9. The molecule has 1 heterocycles. The SMILES string of the molecule is CC.Cc1ccc2c(c1)S(=O)(=O)N(C)C2. The first-order valence-electron chi connectivity index (χ1n) is 5.08. The first kappa shape index (κ1) is 12.2. The summed E-state index contributed by atoms with van der Waals surface area (Å²) in [5, 5.41) is 0. The molecule has 1 aliphatic heterocycles. The molecular weight excluding hydrogens is 210 g/mol. The maximum Gasteiger partial charge on any atom is 0.243 e. The number of fused-ring (bicyclic) bond motifs is 1. The van der Waals surface area contributed by atoms with E-state index in [1.165, 1.54) is 4.31 Å². The summed E-state index contributed by atoms with van der Waals surface area (Å²) in [6.07, 6.45) is 0. The summed E-state index contributed by atoms with van der Waals surface area (Å²) >= 11 is 0. The molecule has 0 aliphatic carbocycles. The van der Waals surface area contributed by atoms with Crippen molar-refractivity contribution >= 4 is 10.0 Å². The number of rotatable bonds is 0. The highest BCUT2D eigenvalue weighted by atomic mass is 32.2. The van der Waals surface area contributed by atoms with Gasteiger partial charge >= 0.3 is 0 Å². The molecule has 0 amide bonds. The molecule has 4 heteroatoms. The molecule has 0 radical (unpaired) electrons. The van der Waals surface area contributed by atoms with Gasteiger partial charge in [-0.2, -0.15) is 4.31 Å². The van der Waals surface area contributed by atoms with Gasteiger partial charge in [-0.1, -0.05) is 26.0 Å². The van der Waals surface area contributed by atoms with Crippen molar-refractivity contribution in [2.75, 3.05) is 7.05 Å². The maximum absolute atomic E-state index is 11.7. The molecule has 0 atom stereocenters. The molecule has 0 N–H and O–H groups in total. The summed E-state index contributed by atoms with van der Waals surface area (Å²) in [7, 11) is -1.57. The Morgan fingerprint density at radius 1 is 1.27 bits per heavy atom. The van der Waals surface area contributed by atoms with Crippen LogP contribution in [0.25, 0.3) is 0 Å². The number of nitrogens with zero attached hydrogens (tertiary/aromatic N) is 1. The quantitative estimate of drug-likeness (QED) is 0.681. The topological polar surface area (TPSA) is 37.4 Å².